The Labute approximate surface area is 99.0 Å². The van der Waals surface area contributed by atoms with E-state index in [9.17, 15) is 5.11 Å². The van der Waals surface area contributed by atoms with Crippen molar-refractivity contribution in [3.05, 3.63) is 0 Å². The molecule has 0 amide bonds. The van der Waals surface area contributed by atoms with Gasteiger partial charge in [-0.15, -0.1) is 0 Å². The van der Waals surface area contributed by atoms with Crippen LogP contribution >= 0.6 is 0 Å². The molecule has 96 valence electrons. The molecule has 1 rings (SSSR count). The quantitative estimate of drug-likeness (QED) is 0.720. The Morgan fingerprint density at radius 3 is 2.44 bits per heavy atom. The normalized spacial score (nSPS) is 21.8. The fourth-order valence-corrected chi connectivity index (χ4v) is 1.91. The molecule has 1 heterocycles. The van der Waals surface area contributed by atoms with Crippen molar-refractivity contribution in [2.45, 2.75) is 38.8 Å². The molecule has 4 nitrogen and oxygen atoms in total. The molecule has 0 aliphatic carbocycles. The number of nitrogens with one attached hydrogen (secondary N) is 1. The fraction of sp³-hybridized carbons (Fsp3) is 1.00. The van der Waals surface area contributed by atoms with Crippen LogP contribution in [0.25, 0.3) is 0 Å². The lowest BCUT2D eigenvalue weighted by Gasteiger charge is -2.27. The maximum Gasteiger partial charge on any atom is 0.0791 e. The third-order valence-electron chi connectivity index (χ3n) is 2.76. The van der Waals surface area contributed by atoms with Gasteiger partial charge < -0.3 is 20.1 Å². The molecular formula is C12H26N2O2. The van der Waals surface area contributed by atoms with E-state index in [4.69, 9.17) is 4.74 Å². The van der Waals surface area contributed by atoms with E-state index < -0.39 is 0 Å². The number of rotatable bonds is 5. The molecular weight excluding hydrogens is 204 g/mol. The van der Waals surface area contributed by atoms with E-state index >= 15 is 0 Å². The average molecular weight is 230 g/mol. The van der Waals surface area contributed by atoms with Crippen LogP contribution in [0.4, 0.5) is 0 Å². The van der Waals surface area contributed by atoms with Crippen LogP contribution in [0.2, 0.25) is 0 Å². The van der Waals surface area contributed by atoms with E-state index in [2.05, 4.69) is 24.1 Å². The molecule has 1 aliphatic heterocycles. The summed E-state index contributed by atoms with van der Waals surface area (Å²) in [5.41, 5.74) is 0. The minimum absolute atomic E-state index is 0.261. The predicted octanol–water partition coefficient (Wildman–Crippen LogP) is 0.458. The third-order valence-corrected chi connectivity index (χ3v) is 2.76. The molecule has 1 unspecified atom stereocenters. The second-order valence-corrected chi connectivity index (χ2v) is 4.84. The maximum atomic E-state index is 9.88. The number of β-amino-alcohol motifs (C(OH)–C–C–N with tert-alkyl or cyclic N) is 1. The minimum atomic E-state index is -0.261. The summed E-state index contributed by atoms with van der Waals surface area (Å²) in [6, 6.07) is 0.440. The molecule has 0 aromatic carbocycles. The van der Waals surface area contributed by atoms with Gasteiger partial charge >= 0.3 is 0 Å². The lowest BCUT2D eigenvalue weighted by molar-refractivity contribution is 0.0623. The second-order valence-electron chi connectivity index (χ2n) is 4.84. The van der Waals surface area contributed by atoms with E-state index in [1.54, 1.807) is 0 Å². The molecule has 2 N–H and O–H groups in total. The molecule has 4 heteroatoms. The molecule has 0 radical (unpaired) electrons. The molecule has 0 bridgehead atoms. The van der Waals surface area contributed by atoms with Gasteiger partial charge in [0.1, 0.15) is 0 Å². The summed E-state index contributed by atoms with van der Waals surface area (Å²) in [6.07, 6.45) is 1.89. The van der Waals surface area contributed by atoms with Crippen LogP contribution in [0.3, 0.4) is 0 Å². The van der Waals surface area contributed by atoms with Crippen LogP contribution < -0.4 is 5.32 Å². The van der Waals surface area contributed by atoms with Gasteiger partial charge in [-0.3, -0.25) is 0 Å². The highest BCUT2D eigenvalue weighted by molar-refractivity contribution is 4.69. The van der Waals surface area contributed by atoms with Gasteiger partial charge in [-0.25, -0.2) is 0 Å². The number of ether oxygens (including phenoxy) is 1. The highest BCUT2D eigenvalue weighted by Gasteiger charge is 2.13. The van der Waals surface area contributed by atoms with Gasteiger partial charge in [0.25, 0.3) is 0 Å². The largest absolute Gasteiger partial charge is 0.390 e. The Hall–Kier alpha value is -0.160. The van der Waals surface area contributed by atoms with Crippen molar-refractivity contribution in [2.24, 2.45) is 0 Å². The Morgan fingerprint density at radius 2 is 1.88 bits per heavy atom. The fourth-order valence-electron chi connectivity index (χ4n) is 1.91. The van der Waals surface area contributed by atoms with Crippen LogP contribution in [0, 0.1) is 0 Å². The van der Waals surface area contributed by atoms with E-state index in [1.165, 1.54) is 0 Å². The summed E-state index contributed by atoms with van der Waals surface area (Å²) in [4.78, 5) is 2.34. The first-order valence-electron chi connectivity index (χ1n) is 6.40. The molecule has 16 heavy (non-hydrogen) atoms. The minimum Gasteiger partial charge on any atom is -0.390 e. The van der Waals surface area contributed by atoms with Crippen molar-refractivity contribution in [1.82, 2.24) is 10.2 Å². The van der Waals surface area contributed by atoms with Gasteiger partial charge in [-0.2, -0.15) is 0 Å². The lowest BCUT2D eigenvalue weighted by Crippen LogP contribution is -2.41. The van der Waals surface area contributed by atoms with Gasteiger partial charge in [0.2, 0.25) is 0 Å². The Kier molecular flexibility index (Phi) is 6.96. The van der Waals surface area contributed by atoms with Crippen molar-refractivity contribution in [3.8, 4) is 0 Å². The van der Waals surface area contributed by atoms with E-state index in [0.717, 1.165) is 45.7 Å². The average Bonchev–Trinajstić information content (AvgIpc) is 2.19. The number of hydrogen-bond acceptors (Lipinski definition) is 4. The van der Waals surface area contributed by atoms with Crippen LogP contribution in [-0.4, -0.2) is 61.5 Å². The zero-order chi connectivity index (χ0) is 11.8. The summed E-state index contributed by atoms with van der Waals surface area (Å²) < 4.78 is 5.41. The van der Waals surface area contributed by atoms with Crippen molar-refractivity contribution in [2.75, 3.05) is 39.4 Å². The lowest BCUT2D eigenvalue weighted by atomic mass is 10.2. The van der Waals surface area contributed by atoms with Crippen molar-refractivity contribution >= 4 is 0 Å². The van der Waals surface area contributed by atoms with Crippen LogP contribution in [-0.2, 0) is 4.74 Å². The van der Waals surface area contributed by atoms with Crippen LogP contribution in [0.15, 0.2) is 0 Å². The number of hydrogen-bond donors (Lipinski definition) is 2. The molecule has 1 fully saturated rings. The summed E-state index contributed by atoms with van der Waals surface area (Å²) >= 11 is 0. The molecule has 0 saturated carbocycles. The first-order chi connectivity index (χ1) is 7.68. The predicted molar refractivity (Wildman–Crippen MR) is 65.6 cm³/mol. The smallest absolute Gasteiger partial charge is 0.0791 e. The highest BCUT2D eigenvalue weighted by atomic mass is 16.5. The SMILES string of the molecule is CC(C)NCC(O)CN1CCCOCCC1. The van der Waals surface area contributed by atoms with E-state index in [1.807, 2.05) is 0 Å². The van der Waals surface area contributed by atoms with E-state index in [-0.39, 0.29) is 6.10 Å². The first kappa shape index (κ1) is 13.9. The highest BCUT2D eigenvalue weighted by Crippen LogP contribution is 2.01. The van der Waals surface area contributed by atoms with Gasteiger partial charge in [0.05, 0.1) is 6.10 Å². The molecule has 1 aliphatic rings. The summed E-state index contributed by atoms with van der Waals surface area (Å²) in [7, 11) is 0. The standard InChI is InChI=1S/C12H26N2O2/c1-11(2)13-9-12(15)10-14-5-3-7-16-8-4-6-14/h11-13,15H,3-10H2,1-2H3. The Bertz CT molecular complexity index is 168. The first-order valence-corrected chi connectivity index (χ1v) is 6.40. The summed E-state index contributed by atoms with van der Waals surface area (Å²) in [5, 5.41) is 13.1. The van der Waals surface area contributed by atoms with Crippen molar-refractivity contribution in [1.29, 1.82) is 0 Å². The van der Waals surface area contributed by atoms with E-state index in [0.29, 0.717) is 12.6 Å². The summed E-state index contributed by atoms with van der Waals surface area (Å²) in [6.45, 7) is 9.45. The topological polar surface area (TPSA) is 44.7 Å². The number of aliphatic hydroxyl groups is 1. The van der Waals surface area contributed by atoms with Gasteiger partial charge in [-0.1, -0.05) is 13.8 Å². The van der Waals surface area contributed by atoms with Crippen molar-refractivity contribution < 1.29 is 9.84 Å². The van der Waals surface area contributed by atoms with Crippen molar-refractivity contribution in [3.63, 3.8) is 0 Å². The Morgan fingerprint density at radius 1 is 1.25 bits per heavy atom. The molecule has 0 aromatic heterocycles. The monoisotopic (exact) mass is 230 g/mol. The van der Waals surface area contributed by atoms with Crippen LogP contribution in [0.5, 0.6) is 0 Å². The van der Waals surface area contributed by atoms with Gasteiger partial charge in [0, 0.05) is 45.4 Å². The molecule has 1 saturated heterocycles. The zero-order valence-electron chi connectivity index (χ0n) is 10.6. The summed E-state index contributed by atoms with van der Waals surface area (Å²) in [5.74, 6) is 0. The number of aliphatic hydroxyl groups excluding tert-OH is 1. The van der Waals surface area contributed by atoms with Gasteiger partial charge in [-0.05, 0) is 12.8 Å². The third kappa shape index (κ3) is 6.43. The number of nitrogens with zero attached hydrogens (tertiary/aromatic N) is 1. The second kappa shape index (κ2) is 8.01. The van der Waals surface area contributed by atoms with Crippen LogP contribution in [0.1, 0.15) is 26.7 Å². The van der Waals surface area contributed by atoms with Gasteiger partial charge in [0.15, 0.2) is 0 Å². The Balaban J connectivity index is 2.17. The molecule has 1 atom stereocenters. The zero-order valence-corrected chi connectivity index (χ0v) is 10.6. The molecule has 0 aromatic rings. The maximum absolute atomic E-state index is 9.88. The molecule has 0 spiro atoms.